The minimum absolute atomic E-state index is 0.221. The van der Waals surface area contributed by atoms with Gasteiger partial charge < -0.3 is 14.7 Å². The predicted octanol–water partition coefficient (Wildman–Crippen LogP) is 4.08. The summed E-state index contributed by atoms with van der Waals surface area (Å²) in [5, 5.41) is 15.0. The number of aromatic amines is 1. The molecule has 2 fully saturated rings. The van der Waals surface area contributed by atoms with Crippen molar-refractivity contribution in [2.45, 2.75) is 38.8 Å². The molecule has 3 aromatic heterocycles. The van der Waals surface area contributed by atoms with E-state index >= 15 is 0 Å². The van der Waals surface area contributed by atoms with Crippen molar-refractivity contribution < 1.29 is 0 Å². The molecule has 1 unspecified atom stereocenters. The average Bonchev–Trinajstić information content (AvgIpc) is 3.61. The van der Waals surface area contributed by atoms with Gasteiger partial charge in [0.2, 0.25) is 11.8 Å². The molecule has 2 atom stereocenters. The highest BCUT2D eigenvalue weighted by Gasteiger charge is 2.29. The Hall–Kier alpha value is -3.79. The van der Waals surface area contributed by atoms with E-state index in [-0.39, 0.29) is 6.04 Å². The molecular formula is C26H29ClN10. The van der Waals surface area contributed by atoms with Gasteiger partial charge in [0.15, 0.2) is 0 Å². The van der Waals surface area contributed by atoms with E-state index in [4.69, 9.17) is 21.6 Å². The average molecular weight is 517 g/mol. The summed E-state index contributed by atoms with van der Waals surface area (Å²) in [4.78, 5) is 21.6. The number of hydrogen-bond donors (Lipinski definition) is 1. The van der Waals surface area contributed by atoms with Crippen molar-refractivity contribution in [3.05, 3.63) is 53.7 Å². The molecule has 4 aromatic rings. The zero-order chi connectivity index (χ0) is 25.4. The number of anilines is 3. The van der Waals surface area contributed by atoms with Gasteiger partial charge in [-0.1, -0.05) is 35.9 Å². The number of rotatable bonds is 5. The summed E-state index contributed by atoms with van der Waals surface area (Å²) in [6.45, 7) is 7.89. The second-order valence-electron chi connectivity index (χ2n) is 9.71. The van der Waals surface area contributed by atoms with Crippen LogP contribution in [0.25, 0.3) is 22.6 Å². The molecule has 37 heavy (non-hydrogen) atoms. The minimum Gasteiger partial charge on any atom is -0.352 e. The smallest absolute Gasteiger partial charge is 0.228 e. The van der Waals surface area contributed by atoms with Crippen LogP contribution >= 0.6 is 11.6 Å². The molecule has 2 saturated heterocycles. The van der Waals surface area contributed by atoms with Crippen LogP contribution in [0.15, 0.2) is 48.7 Å². The van der Waals surface area contributed by atoms with Crippen molar-refractivity contribution >= 4 is 29.2 Å². The third kappa shape index (κ3) is 4.69. The maximum absolute atomic E-state index is 6.44. The molecule has 5 heterocycles. The summed E-state index contributed by atoms with van der Waals surface area (Å²) in [5.74, 6) is 3.15. The lowest BCUT2D eigenvalue weighted by atomic mass is 10.1. The summed E-state index contributed by atoms with van der Waals surface area (Å²) in [5.41, 5.74) is 2.83. The lowest BCUT2D eigenvalue weighted by Gasteiger charge is -2.41. The Morgan fingerprint density at radius 1 is 0.946 bits per heavy atom. The Bertz CT molecular complexity index is 1360. The van der Waals surface area contributed by atoms with Crippen LogP contribution in [-0.2, 0) is 0 Å². The maximum atomic E-state index is 6.44. The number of hydrogen-bond acceptors (Lipinski definition) is 9. The largest absolute Gasteiger partial charge is 0.352 e. The first-order valence-electron chi connectivity index (χ1n) is 12.7. The number of piperazine rings is 1. The van der Waals surface area contributed by atoms with Crippen LogP contribution in [0.1, 0.15) is 26.7 Å². The maximum Gasteiger partial charge on any atom is 0.228 e. The number of H-pyrrole nitrogens is 1. The van der Waals surface area contributed by atoms with Crippen molar-refractivity contribution in [2.24, 2.45) is 0 Å². The van der Waals surface area contributed by atoms with E-state index in [2.05, 4.69) is 72.4 Å². The number of pyridine rings is 1. The van der Waals surface area contributed by atoms with Crippen LogP contribution in [-0.4, -0.2) is 73.8 Å². The molecule has 1 N–H and O–H groups in total. The van der Waals surface area contributed by atoms with Gasteiger partial charge in [0.1, 0.15) is 11.6 Å². The summed E-state index contributed by atoms with van der Waals surface area (Å²) in [6.07, 6.45) is 4.11. The highest BCUT2D eigenvalue weighted by atomic mass is 35.5. The van der Waals surface area contributed by atoms with Gasteiger partial charge in [-0.25, -0.2) is 9.97 Å². The van der Waals surface area contributed by atoms with Gasteiger partial charge in [0, 0.05) is 61.7 Å². The van der Waals surface area contributed by atoms with Crippen LogP contribution in [0.4, 0.5) is 17.6 Å². The van der Waals surface area contributed by atoms with Gasteiger partial charge in [-0.3, -0.25) is 0 Å². The molecule has 10 nitrogen and oxygen atoms in total. The van der Waals surface area contributed by atoms with Crippen LogP contribution < -0.4 is 14.7 Å². The summed E-state index contributed by atoms with van der Waals surface area (Å²) in [7, 11) is 0. The van der Waals surface area contributed by atoms with Gasteiger partial charge in [0.25, 0.3) is 0 Å². The zero-order valence-corrected chi connectivity index (χ0v) is 21.7. The van der Waals surface area contributed by atoms with E-state index in [1.165, 1.54) is 0 Å². The number of aromatic nitrogens is 7. The molecule has 0 saturated carbocycles. The highest BCUT2D eigenvalue weighted by Crippen LogP contribution is 2.32. The Morgan fingerprint density at radius 3 is 2.49 bits per heavy atom. The molecule has 11 heteroatoms. The molecule has 2 aliphatic heterocycles. The number of halogens is 1. The molecule has 0 aliphatic carbocycles. The number of benzene rings is 1. The lowest BCUT2D eigenvalue weighted by molar-refractivity contribution is 0.542. The van der Waals surface area contributed by atoms with E-state index in [0.29, 0.717) is 16.9 Å². The first kappa shape index (κ1) is 23.6. The van der Waals surface area contributed by atoms with Crippen molar-refractivity contribution in [2.75, 3.05) is 40.9 Å². The fourth-order valence-electron chi connectivity index (χ4n) is 5.25. The molecule has 1 aromatic carbocycles. The molecule has 190 valence electrons. The molecular weight excluding hydrogens is 488 g/mol. The third-order valence-corrected chi connectivity index (χ3v) is 7.55. The van der Waals surface area contributed by atoms with Crippen LogP contribution in [0.3, 0.4) is 0 Å². The summed E-state index contributed by atoms with van der Waals surface area (Å²) < 4.78 is 0. The standard InChI is InChI=1S/C26H29ClN10/c1-17-5-4-12-37(17)26-29-22(19-7-9-20(10-8-19)24-31-33-34-32-24)15-23(30-26)36-14-13-35(16-18(36)2)25-21(27)6-3-11-28-25/h3,6-11,15,17-18H,4-5,12-14,16H2,1-2H3,(H,31,32,33,34)/t17?,18-/m1/s1. The van der Waals surface area contributed by atoms with Crippen molar-refractivity contribution in [1.29, 1.82) is 0 Å². The number of tetrazole rings is 1. The number of nitrogens with one attached hydrogen (secondary N) is 1. The fourth-order valence-corrected chi connectivity index (χ4v) is 5.49. The number of nitrogens with zero attached hydrogens (tertiary/aromatic N) is 9. The molecule has 0 bridgehead atoms. The monoisotopic (exact) mass is 516 g/mol. The van der Waals surface area contributed by atoms with E-state index in [1.807, 2.05) is 24.3 Å². The molecule has 0 spiro atoms. The van der Waals surface area contributed by atoms with Gasteiger partial charge in [-0.2, -0.15) is 10.2 Å². The summed E-state index contributed by atoms with van der Waals surface area (Å²) in [6, 6.07) is 14.6. The zero-order valence-electron chi connectivity index (χ0n) is 20.9. The van der Waals surface area contributed by atoms with E-state index < -0.39 is 0 Å². The normalized spacial score (nSPS) is 20.0. The molecule has 0 amide bonds. The van der Waals surface area contributed by atoms with Crippen LogP contribution in [0, 0.1) is 0 Å². The predicted molar refractivity (Wildman–Crippen MR) is 145 cm³/mol. The molecule has 6 rings (SSSR count). The van der Waals surface area contributed by atoms with Gasteiger partial charge in [0.05, 0.1) is 10.7 Å². The van der Waals surface area contributed by atoms with Crippen molar-refractivity contribution in [1.82, 2.24) is 35.6 Å². The van der Waals surface area contributed by atoms with Crippen molar-refractivity contribution in [3.63, 3.8) is 0 Å². The van der Waals surface area contributed by atoms with Gasteiger partial charge in [-0.05, 0) is 44.0 Å². The first-order valence-corrected chi connectivity index (χ1v) is 13.1. The van der Waals surface area contributed by atoms with E-state index in [0.717, 1.165) is 73.4 Å². The van der Waals surface area contributed by atoms with Crippen LogP contribution in [0.5, 0.6) is 0 Å². The van der Waals surface area contributed by atoms with Crippen molar-refractivity contribution in [3.8, 4) is 22.6 Å². The van der Waals surface area contributed by atoms with E-state index in [9.17, 15) is 0 Å². The fraction of sp³-hybridized carbons (Fsp3) is 0.385. The minimum atomic E-state index is 0.221. The Kier molecular flexibility index (Phi) is 6.33. The van der Waals surface area contributed by atoms with Crippen LogP contribution in [0.2, 0.25) is 5.02 Å². The highest BCUT2D eigenvalue weighted by molar-refractivity contribution is 6.32. The Labute approximate surface area is 220 Å². The van der Waals surface area contributed by atoms with Gasteiger partial charge in [-0.15, -0.1) is 10.2 Å². The van der Waals surface area contributed by atoms with Gasteiger partial charge >= 0.3 is 0 Å². The molecule has 2 aliphatic rings. The Morgan fingerprint density at radius 2 is 1.78 bits per heavy atom. The first-order chi connectivity index (χ1) is 18.1. The quantitative estimate of drug-likeness (QED) is 0.420. The third-order valence-electron chi connectivity index (χ3n) is 7.26. The summed E-state index contributed by atoms with van der Waals surface area (Å²) >= 11 is 6.44. The second kappa shape index (κ2) is 9.93. The topological polar surface area (TPSA) is 103 Å². The lowest BCUT2D eigenvalue weighted by Crippen LogP contribution is -2.52. The molecule has 0 radical (unpaired) electrons. The second-order valence-corrected chi connectivity index (χ2v) is 10.1. The van der Waals surface area contributed by atoms with E-state index in [1.54, 1.807) is 6.20 Å². The Balaban J connectivity index is 1.32. The SMILES string of the molecule is CC1CCCN1c1nc(-c2ccc(-c3nn[nH]n3)cc2)cc(N2CCN(c3ncccc3Cl)C[C@H]2C)n1.